The van der Waals surface area contributed by atoms with E-state index in [4.69, 9.17) is 4.74 Å². The number of carboxylic acids is 1. The van der Waals surface area contributed by atoms with Crippen LogP contribution < -0.4 is 9.84 Å². The molecule has 0 saturated heterocycles. The van der Waals surface area contributed by atoms with E-state index in [9.17, 15) is 9.90 Å². The zero-order valence-electron chi connectivity index (χ0n) is 17.4. The Kier molecular flexibility index (Phi) is 4.59. The van der Waals surface area contributed by atoms with Crippen LogP contribution in [0.25, 0.3) is 16.6 Å². The molecule has 1 aliphatic heterocycles. The van der Waals surface area contributed by atoms with E-state index >= 15 is 0 Å². The first-order valence-electron chi connectivity index (χ1n) is 10.2. The molecule has 154 valence electrons. The Hall–Kier alpha value is -3.86. The molecule has 0 N–H and O–H groups in total. The minimum absolute atomic E-state index is 0.131. The summed E-state index contributed by atoms with van der Waals surface area (Å²) in [6.45, 7) is 5.18. The van der Waals surface area contributed by atoms with E-state index in [0.29, 0.717) is 18.9 Å². The number of aromatic carboxylic acids is 1. The molecule has 0 saturated carbocycles. The van der Waals surface area contributed by atoms with E-state index in [0.717, 1.165) is 38.9 Å². The molecule has 1 aromatic heterocycles. The van der Waals surface area contributed by atoms with Gasteiger partial charge < -0.3 is 19.2 Å². The number of benzene rings is 3. The number of nitrogens with zero attached hydrogens (tertiary/aromatic N) is 2. The second-order valence-electron chi connectivity index (χ2n) is 7.91. The van der Waals surface area contributed by atoms with E-state index in [2.05, 4.69) is 41.6 Å². The van der Waals surface area contributed by atoms with Crippen molar-refractivity contribution in [2.45, 2.75) is 27.0 Å². The fraction of sp³-hybridized carbons (Fsp3) is 0.154. The van der Waals surface area contributed by atoms with Crippen LogP contribution in [0.2, 0.25) is 0 Å². The number of carbonyl (C=O) groups is 1. The SMILES string of the molecule is Cc1cc(C)c2ncn(C/C=C3\c4ccccc4COc4ccc(C(=O)[O-])cc43)c2c1. The standard InChI is InChI=1S/C26H22N2O3/c1-16-11-17(2)25-23(12-16)28(15-27-25)10-9-21-20-6-4-3-5-19(20)14-31-24-8-7-18(26(29)30)13-22(21)24/h3-9,11-13,15H,10,14H2,1-2H3,(H,29,30)/p-1/b21-9+. The Morgan fingerprint density at radius 3 is 2.81 bits per heavy atom. The van der Waals surface area contributed by atoms with E-state index in [-0.39, 0.29) is 5.56 Å². The molecule has 0 bridgehead atoms. The smallest absolute Gasteiger partial charge is 0.127 e. The van der Waals surface area contributed by atoms with Gasteiger partial charge in [0.05, 0.1) is 23.3 Å². The summed E-state index contributed by atoms with van der Waals surface area (Å²) in [5.41, 5.74) is 8.34. The average Bonchev–Trinajstić information content (AvgIpc) is 3.09. The van der Waals surface area contributed by atoms with Gasteiger partial charge in [-0.2, -0.15) is 0 Å². The van der Waals surface area contributed by atoms with Gasteiger partial charge in [0.25, 0.3) is 0 Å². The Morgan fingerprint density at radius 1 is 1.13 bits per heavy atom. The molecule has 0 amide bonds. The van der Waals surface area contributed by atoms with Crippen molar-refractivity contribution >= 4 is 22.6 Å². The topological polar surface area (TPSA) is 67.2 Å². The molecule has 0 aliphatic carbocycles. The number of aromatic nitrogens is 2. The van der Waals surface area contributed by atoms with Crippen molar-refractivity contribution in [2.75, 3.05) is 0 Å². The van der Waals surface area contributed by atoms with Crippen molar-refractivity contribution in [2.24, 2.45) is 0 Å². The molecule has 1 aliphatic rings. The van der Waals surface area contributed by atoms with E-state index < -0.39 is 5.97 Å². The number of fused-ring (bicyclic) bond motifs is 3. The van der Waals surface area contributed by atoms with Crippen LogP contribution in [0.4, 0.5) is 0 Å². The quantitative estimate of drug-likeness (QED) is 0.512. The predicted octanol–water partition coefficient (Wildman–Crippen LogP) is 4.04. The highest BCUT2D eigenvalue weighted by molar-refractivity contribution is 5.91. The van der Waals surface area contributed by atoms with E-state index in [1.165, 1.54) is 11.6 Å². The molecule has 2 heterocycles. The largest absolute Gasteiger partial charge is 0.545 e. The summed E-state index contributed by atoms with van der Waals surface area (Å²) in [4.78, 5) is 16.1. The van der Waals surface area contributed by atoms with Crippen LogP contribution in [0.3, 0.4) is 0 Å². The third-order valence-corrected chi connectivity index (χ3v) is 5.75. The van der Waals surface area contributed by atoms with E-state index in [1.54, 1.807) is 12.1 Å². The Balaban J connectivity index is 1.67. The van der Waals surface area contributed by atoms with Crippen LogP contribution in [-0.2, 0) is 13.2 Å². The number of imidazole rings is 1. The number of allylic oxidation sites excluding steroid dienone is 1. The van der Waals surface area contributed by atoms with Crippen molar-refractivity contribution in [3.63, 3.8) is 0 Å². The lowest BCUT2D eigenvalue weighted by atomic mass is 9.93. The van der Waals surface area contributed by atoms with Crippen LogP contribution in [-0.4, -0.2) is 15.5 Å². The van der Waals surface area contributed by atoms with E-state index in [1.807, 2.05) is 30.6 Å². The first kappa shape index (κ1) is 19.1. The van der Waals surface area contributed by atoms with Crippen LogP contribution in [0.1, 0.15) is 38.2 Å². The fourth-order valence-electron chi connectivity index (χ4n) is 4.27. The first-order valence-corrected chi connectivity index (χ1v) is 10.2. The molecule has 0 fully saturated rings. The fourth-order valence-corrected chi connectivity index (χ4v) is 4.27. The van der Waals surface area contributed by atoms with Gasteiger partial charge in [-0.1, -0.05) is 36.4 Å². The summed E-state index contributed by atoms with van der Waals surface area (Å²) in [7, 11) is 0. The van der Waals surface area contributed by atoms with Gasteiger partial charge in [-0.3, -0.25) is 0 Å². The van der Waals surface area contributed by atoms with Gasteiger partial charge >= 0.3 is 0 Å². The normalized spacial score (nSPS) is 14.1. The monoisotopic (exact) mass is 409 g/mol. The van der Waals surface area contributed by atoms with Crippen LogP contribution in [0, 0.1) is 13.8 Å². The third-order valence-electron chi connectivity index (χ3n) is 5.75. The maximum atomic E-state index is 11.5. The van der Waals surface area contributed by atoms with Crippen molar-refractivity contribution in [3.8, 4) is 5.75 Å². The molecule has 0 spiro atoms. The average molecular weight is 409 g/mol. The van der Waals surface area contributed by atoms with Gasteiger partial charge in [-0.05, 0) is 71.5 Å². The molecule has 3 aromatic carbocycles. The summed E-state index contributed by atoms with van der Waals surface area (Å²) in [5, 5.41) is 11.5. The van der Waals surface area contributed by atoms with Gasteiger partial charge in [-0.25, -0.2) is 4.98 Å². The van der Waals surface area contributed by atoms with Gasteiger partial charge in [0.1, 0.15) is 12.4 Å². The second-order valence-corrected chi connectivity index (χ2v) is 7.91. The first-order chi connectivity index (χ1) is 15.0. The number of hydrogen-bond donors (Lipinski definition) is 0. The number of aryl methyl sites for hydroxylation is 2. The number of carbonyl (C=O) groups excluding carboxylic acids is 1. The highest BCUT2D eigenvalue weighted by Crippen LogP contribution is 2.37. The van der Waals surface area contributed by atoms with Crippen molar-refractivity contribution in [1.29, 1.82) is 0 Å². The van der Waals surface area contributed by atoms with Crippen LogP contribution >= 0.6 is 0 Å². The molecule has 0 radical (unpaired) electrons. The second kappa shape index (κ2) is 7.43. The van der Waals surface area contributed by atoms with Gasteiger partial charge in [0.15, 0.2) is 0 Å². The minimum atomic E-state index is -1.20. The molecule has 0 atom stereocenters. The summed E-state index contributed by atoms with van der Waals surface area (Å²) in [6.07, 6.45) is 3.97. The zero-order valence-corrected chi connectivity index (χ0v) is 17.4. The molecular formula is C26H21N2O3-. The number of carboxylic acid groups (broad SMARTS) is 1. The number of rotatable bonds is 3. The lowest BCUT2D eigenvalue weighted by Crippen LogP contribution is -2.22. The number of ether oxygens (including phenoxy) is 1. The van der Waals surface area contributed by atoms with Crippen LogP contribution in [0.5, 0.6) is 5.75 Å². The van der Waals surface area contributed by atoms with Crippen LogP contribution in [0.15, 0.2) is 67.0 Å². The lowest BCUT2D eigenvalue weighted by Gasteiger charge is -2.13. The van der Waals surface area contributed by atoms with Crippen molar-refractivity contribution < 1.29 is 14.6 Å². The minimum Gasteiger partial charge on any atom is -0.545 e. The third kappa shape index (κ3) is 3.38. The van der Waals surface area contributed by atoms with Gasteiger partial charge in [0.2, 0.25) is 0 Å². The predicted molar refractivity (Wildman–Crippen MR) is 118 cm³/mol. The summed E-state index contributed by atoms with van der Waals surface area (Å²) < 4.78 is 8.12. The molecule has 5 rings (SSSR count). The maximum absolute atomic E-state index is 11.5. The Bertz CT molecular complexity index is 1360. The molecule has 5 nitrogen and oxygen atoms in total. The highest BCUT2D eigenvalue weighted by Gasteiger charge is 2.19. The maximum Gasteiger partial charge on any atom is 0.127 e. The molecule has 0 unspecified atom stereocenters. The Labute approximate surface area is 180 Å². The molecular weight excluding hydrogens is 388 g/mol. The molecule has 31 heavy (non-hydrogen) atoms. The zero-order chi connectivity index (χ0) is 21.5. The number of hydrogen-bond acceptors (Lipinski definition) is 4. The van der Waals surface area contributed by atoms with Crippen molar-refractivity contribution in [3.05, 3.63) is 100 Å². The summed E-state index contributed by atoms with van der Waals surface area (Å²) in [6, 6.07) is 17.2. The van der Waals surface area contributed by atoms with Crippen molar-refractivity contribution in [1.82, 2.24) is 9.55 Å². The molecule has 5 heteroatoms. The summed E-state index contributed by atoms with van der Waals surface area (Å²) in [5.74, 6) is -0.541. The highest BCUT2D eigenvalue weighted by atomic mass is 16.5. The molecule has 4 aromatic rings. The summed E-state index contributed by atoms with van der Waals surface area (Å²) >= 11 is 0. The Morgan fingerprint density at radius 2 is 1.97 bits per heavy atom. The van der Waals surface area contributed by atoms with Gasteiger partial charge in [-0.15, -0.1) is 0 Å². The van der Waals surface area contributed by atoms with Gasteiger partial charge in [0, 0.05) is 12.1 Å². The lowest BCUT2D eigenvalue weighted by molar-refractivity contribution is -0.255.